The van der Waals surface area contributed by atoms with E-state index >= 15 is 0 Å². The molecular weight excluding hydrogens is 272 g/mol. The summed E-state index contributed by atoms with van der Waals surface area (Å²) in [5.74, 6) is 5.05. The first-order chi connectivity index (χ1) is 10.1. The Morgan fingerprint density at radius 3 is 2.43 bits per heavy atom. The van der Waals surface area contributed by atoms with Gasteiger partial charge in [-0.1, -0.05) is 11.8 Å². The number of rotatable bonds is 6. The molecule has 21 heavy (non-hydrogen) atoms. The van der Waals surface area contributed by atoms with Crippen molar-refractivity contribution in [3.05, 3.63) is 28.8 Å². The van der Waals surface area contributed by atoms with Gasteiger partial charge in [0, 0.05) is 18.4 Å². The molecule has 0 unspecified atom stereocenters. The predicted octanol–water partition coefficient (Wildman–Crippen LogP) is 2.10. The fourth-order valence-electron chi connectivity index (χ4n) is 1.65. The molecule has 1 aromatic carbocycles. The van der Waals surface area contributed by atoms with Crippen LogP contribution in [0.5, 0.6) is 5.75 Å². The summed E-state index contributed by atoms with van der Waals surface area (Å²) in [6, 6.07) is 2.82. The van der Waals surface area contributed by atoms with Crippen molar-refractivity contribution in [2.24, 2.45) is 0 Å². The summed E-state index contributed by atoms with van der Waals surface area (Å²) < 4.78 is 4.79. The summed E-state index contributed by atoms with van der Waals surface area (Å²) in [4.78, 5) is 32.7. The van der Waals surface area contributed by atoms with Gasteiger partial charge in [0.1, 0.15) is 5.75 Å². The molecule has 1 N–H and O–H groups in total. The van der Waals surface area contributed by atoms with E-state index in [4.69, 9.17) is 4.74 Å². The summed E-state index contributed by atoms with van der Waals surface area (Å²) in [6.07, 6.45) is 2.30. The number of esters is 1. The number of phenolic OH excluding ortho intramolecular Hbond substituents is 1. The number of hydrogen-bond acceptors (Lipinski definition) is 5. The Labute approximate surface area is 122 Å². The van der Waals surface area contributed by atoms with Crippen LogP contribution in [0.3, 0.4) is 0 Å². The molecule has 0 aliphatic rings. The summed E-state index contributed by atoms with van der Waals surface area (Å²) in [7, 11) is 0. The summed E-state index contributed by atoms with van der Waals surface area (Å²) in [6.45, 7) is 2.11. The third-order valence-electron chi connectivity index (χ3n) is 2.64. The van der Waals surface area contributed by atoms with Crippen molar-refractivity contribution in [3.8, 4) is 17.6 Å². The molecule has 110 valence electrons. The number of carbonyl (C=O) groups is 3. The van der Waals surface area contributed by atoms with Crippen LogP contribution in [0.4, 0.5) is 0 Å². The van der Waals surface area contributed by atoms with Gasteiger partial charge >= 0.3 is 5.97 Å². The first-order valence-electron chi connectivity index (χ1n) is 6.54. The lowest BCUT2D eigenvalue weighted by molar-refractivity contribution is -0.143. The molecule has 0 aliphatic heterocycles. The number of benzene rings is 1. The fourth-order valence-corrected chi connectivity index (χ4v) is 1.65. The molecule has 1 aromatic rings. The monoisotopic (exact) mass is 288 g/mol. The van der Waals surface area contributed by atoms with E-state index in [-0.39, 0.29) is 22.8 Å². The lowest BCUT2D eigenvalue weighted by Gasteiger charge is -2.01. The maximum atomic E-state index is 11.1. The van der Waals surface area contributed by atoms with Crippen LogP contribution >= 0.6 is 0 Å². The molecule has 0 radical (unpaired) electrons. The van der Waals surface area contributed by atoms with Crippen molar-refractivity contribution in [1.29, 1.82) is 0 Å². The van der Waals surface area contributed by atoms with Gasteiger partial charge in [-0.2, -0.15) is 0 Å². The Kier molecular flexibility index (Phi) is 6.69. The third-order valence-corrected chi connectivity index (χ3v) is 2.64. The fraction of sp³-hybridized carbons (Fsp3) is 0.312. The first-order valence-corrected chi connectivity index (χ1v) is 6.54. The van der Waals surface area contributed by atoms with E-state index in [0.717, 1.165) is 0 Å². The minimum absolute atomic E-state index is 0.0235. The molecule has 0 heterocycles. The lowest BCUT2D eigenvalue weighted by Crippen LogP contribution is -2.02. The van der Waals surface area contributed by atoms with Crippen LogP contribution in [0.25, 0.3) is 0 Å². The molecular formula is C16H16O5. The Morgan fingerprint density at radius 2 is 1.90 bits per heavy atom. The lowest BCUT2D eigenvalue weighted by atomic mass is 10.1. The van der Waals surface area contributed by atoms with Gasteiger partial charge in [0.05, 0.1) is 17.7 Å². The van der Waals surface area contributed by atoms with Gasteiger partial charge in [-0.05, 0) is 25.5 Å². The van der Waals surface area contributed by atoms with E-state index in [2.05, 4.69) is 11.8 Å². The minimum atomic E-state index is -0.340. The molecule has 0 spiro atoms. The van der Waals surface area contributed by atoms with E-state index < -0.39 is 0 Å². The predicted molar refractivity (Wildman–Crippen MR) is 76.2 cm³/mol. The molecule has 0 aromatic heterocycles. The van der Waals surface area contributed by atoms with Gasteiger partial charge in [0.25, 0.3) is 0 Å². The number of hydrogen-bond donors (Lipinski definition) is 1. The van der Waals surface area contributed by atoms with Crippen LogP contribution in [0, 0.1) is 11.8 Å². The summed E-state index contributed by atoms with van der Waals surface area (Å²) in [5, 5.41) is 9.57. The molecule has 1 rings (SSSR count). The first kappa shape index (κ1) is 16.4. The van der Waals surface area contributed by atoms with Crippen LogP contribution in [0.2, 0.25) is 0 Å². The van der Waals surface area contributed by atoms with Crippen molar-refractivity contribution in [3.63, 3.8) is 0 Å². The normalized spacial score (nSPS) is 9.38. The zero-order valence-electron chi connectivity index (χ0n) is 11.7. The second kappa shape index (κ2) is 8.54. The minimum Gasteiger partial charge on any atom is -0.506 e. The summed E-state index contributed by atoms with van der Waals surface area (Å²) >= 11 is 0. The van der Waals surface area contributed by atoms with E-state index in [1.807, 2.05) is 0 Å². The van der Waals surface area contributed by atoms with E-state index in [9.17, 15) is 19.5 Å². The molecule has 0 amide bonds. The molecule has 0 fully saturated rings. The number of unbranched alkanes of at least 4 members (excludes halogenated alkanes) is 1. The molecule has 0 bridgehead atoms. The van der Waals surface area contributed by atoms with Gasteiger partial charge in [0.15, 0.2) is 12.6 Å². The van der Waals surface area contributed by atoms with Crippen molar-refractivity contribution in [2.45, 2.75) is 26.2 Å². The Balaban J connectivity index is 2.67. The zero-order chi connectivity index (χ0) is 15.7. The van der Waals surface area contributed by atoms with Crippen molar-refractivity contribution < 1.29 is 24.2 Å². The van der Waals surface area contributed by atoms with Crippen LogP contribution in [0.15, 0.2) is 12.1 Å². The van der Waals surface area contributed by atoms with E-state index in [0.29, 0.717) is 44.0 Å². The Morgan fingerprint density at radius 1 is 1.29 bits per heavy atom. The zero-order valence-corrected chi connectivity index (χ0v) is 11.7. The largest absolute Gasteiger partial charge is 0.506 e. The van der Waals surface area contributed by atoms with Gasteiger partial charge in [-0.15, -0.1) is 0 Å². The highest BCUT2D eigenvalue weighted by atomic mass is 16.5. The highest BCUT2D eigenvalue weighted by molar-refractivity contribution is 5.89. The highest BCUT2D eigenvalue weighted by Gasteiger charge is 2.07. The molecule has 5 heteroatoms. The highest BCUT2D eigenvalue weighted by Crippen LogP contribution is 2.21. The second-order valence-electron chi connectivity index (χ2n) is 4.20. The molecule has 5 nitrogen and oxygen atoms in total. The molecule has 0 saturated carbocycles. The van der Waals surface area contributed by atoms with Gasteiger partial charge in [-0.25, -0.2) is 0 Å². The number of aldehydes is 2. The Bertz CT molecular complexity index is 563. The molecule has 0 aliphatic carbocycles. The average Bonchev–Trinajstić information content (AvgIpc) is 2.48. The van der Waals surface area contributed by atoms with Gasteiger partial charge in [-0.3, -0.25) is 14.4 Å². The standard InChI is InChI=1S/C16H16O5/c1-2-21-15(19)7-5-3-4-6-12-8-13(10-17)16(20)14(9-12)11-18/h8-11,20H,2-3,5,7H2,1H3. The van der Waals surface area contributed by atoms with Crippen LogP contribution < -0.4 is 0 Å². The smallest absolute Gasteiger partial charge is 0.305 e. The quantitative estimate of drug-likeness (QED) is 0.375. The maximum Gasteiger partial charge on any atom is 0.305 e. The van der Waals surface area contributed by atoms with Gasteiger partial charge < -0.3 is 9.84 Å². The average molecular weight is 288 g/mol. The number of carbonyl (C=O) groups excluding carboxylic acids is 3. The van der Waals surface area contributed by atoms with Crippen molar-refractivity contribution in [1.82, 2.24) is 0 Å². The maximum absolute atomic E-state index is 11.1. The number of ether oxygens (including phenoxy) is 1. The van der Waals surface area contributed by atoms with Gasteiger partial charge in [0.2, 0.25) is 0 Å². The SMILES string of the molecule is CCOC(=O)CCCC#Cc1cc(C=O)c(O)c(C=O)c1. The third kappa shape index (κ3) is 5.11. The van der Waals surface area contributed by atoms with E-state index in [1.165, 1.54) is 12.1 Å². The molecule has 0 atom stereocenters. The number of aromatic hydroxyl groups is 1. The summed E-state index contributed by atoms with van der Waals surface area (Å²) in [5.41, 5.74) is 0.513. The van der Waals surface area contributed by atoms with Crippen molar-refractivity contribution in [2.75, 3.05) is 6.61 Å². The number of phenols is 1. The second-order valence-corrected chi connectivity index (χ2v) is 4.20. The molecule has 0 saturated heterocycles. The van der Waals surface area contributed by atoms with Crippen LogP contribution in [-0.2, 0) is 9.53 Å². The van der Waals surface area contributed by atoms with Crippen molar-refractivity contribution >= 4 is 18.5 Å². The van der Waals surface area contributed by atoms with E-state index in [1.54, 1.807) is 6.92 Å². The van der Waals surface area contributed by atoms with Crippen LogP contribution in [0.1, 0.15) is 52.5 Å². The topological polar surface area (TPSA) is 80.7 Å². The Hall–Kier alpha value is -2.61. The van der Waals surface area contributed by atoms with Crippen LogP contribution in [-0.4, -0.2) is 30.3 Å².